The van der Waals surface area contributed by atoms with Gasteiger partial charge in [0.1, 0.15) is 5.69 Å². The normalized spacial score (nSPS) is 17.2. The van der Waals surface area contributed by atoms with E-state index in [0.717, 1.165) is 31.0 Å². The van der Waals surface area contributed by atoms with Crippen molar-refractivity contribution in [3.05, 3.63) is 17.6 Å². The molecule has 0 aromatic carbocycles. The third-order valence-electron chi connectivity index (χ3n) is 2.79. The predicted molar refractivity (Wildman–Crippen MR) is 59.2 cm³/mol. The minimum Gasteiger partial charge on any atom is -0.480 e. The number of aromatic nitrogens is 2. The molecule has 1 fully saturated rings. The first kappa shape index (κ1) is 11.3. The van der Waals surface area contributed by atoms with Crippen LogP contribution in [0.15, 0.2) is 6.20 Å². The number of aliphatic hydroxyl groups is 1. The Bertz CT molecular complexity index is 364. The van der Waals surface area contributed by atoms with Gasteiger partial charge in [-0.1, -0.05) is 0 Å². The van der Waals surface area contributed by atoms with Crippen molar-refractivity contribution in [3.63, 3.8) is 0 Å². The van der Waals surface area contributed by atoms with Gasteiger partial charge in [0.05, 0.1) is 12.8 Å². The molecule has 0 unspecified atom stereocenters. The Hall–Kier alpha value is -1.20. The average molecular weight is 223 g/mol. The highest BCUT2D eigenvalue weighted by Crippen LogP contribution is 2.21. The highest BCUT2D eigenvalue weighted by Gasteiger charge is 2.27. The molecular formula is C11H17N3O2. The molecule has 1 aliphatic rings. The summed E-state index contributed by atoms with van der Waals surface area (Å²) in [5.41, 5.74) is 1.72. The number of aryl methyl sites for hydroxylation is 1. The summed E-state index contributed by atoms with van der Waals surface area (Å²) in [6, 6.07) is 0. The van der Waals surface area contributed by atoms with E-state index in [0.29, 0.717) is 11.8 Å². The van der Waals surface area contributed by atoms with Crippen molar-refractivity contribution in [1.82, 2.24) is 14.9 Å². The fourth-order valence-electron chi connectivity index (χ4n) is 1.89. The van der Waals surface area contributed by atoms with Gasteiger partial charge in [-0.05, 0) is 6.92 Å². The summed E-state index contributed by atoms with van der Waals surface area (Å²) in [7, 11) is 1.61. The zero-order valence-corrected chi connectivity index (χ0v) is 9.68. The summed E-state index contributed by atoms with van der Waals surface area (Å²) < 4.78 is 5.20. The molecule has 0 spiro atoms. The molecule has 2 heterocycles. The van der Waals surface area contributed by atoms with E-state index in [4.69, 9.17) is 9.84 Å². The molecule has 0 atom stereocenters. The number of hydrogen-bond acceptors (Lipinski definition) is 5. The zero-order valence-electron chi connectivity index (χ0n) is 9.68. The molecule has 0 bridgehead atoms. The van der Waals surface area contributed by atoms with Crippen LogP contribution < -0.4 is 4.74 Å². The molecule has 0 radical (unpaired) electrons. The molecule has 1 saturated heterocycles. The first-order valence-corrected chi connectivity index (χ1v) is 5.42. The highest BCUT2D eigenvalue weighted by atomic mass is 16.5. The number of hydrogen-bond donors (Lipinski definition) is 1. The van der Waals surface area contributed by atoms with Crippen LogP contribution in [0.5, 0.6) is 5.88 Å². The van der Waals surface area contributed by atoms with E-state index in [-0.39, 0.29) is 6.61 Å². The topological polar surface area (TPSA) is 58.5 Å². The molecule has 0 amide bonds. The van der Waals surface area contributed by atoms with Gasteiger partial charge in [0, 0.05) is 38.4 Å². The summed E-state index contributed by atoms with van der Waals surface area (Å²) >= 11 is 0. The van der Waals surface area contributed by atoms with Crippen molar-refractivity contribution in [3.8, 4) is 5.88 Å². The Labute approximate surface area is 95.1 Å². The van der Waals surface area contributed by atoms with Crippen molar-refractivity contribution >= 4 is 0 Å². The minimum atomic E-state index is 0.271. The van der Waals surface area contributed by atoms with Crippen LogP contribution in [-0.2, 0) is 6.54 Å². The molecule has 5 heteroatoms. The maximum Gasteiger partial charge on any atom is 0.236 e. The summed E-state index contributed by atoms with van der Waals surface area (Å²) in [4.78, 5) is 10.8. The van der Waals surface area contributed by atoms with Gasteiger partial charge in [-0.25, -0.2) is 4.98 Å². The standard InChI is InChI=1S/C11H17N3O2/c1-8-3-12-10(11(13-8)16-2)6-14-4-9(5-14)7-15/h3,9,15H,4-7H2,1-2H3. The molecule has 1 aromatic heterocycles. The fraction of sp³-hybridized carbons (Fsp3) is 0.636. The Balaban J connectivity index is 1.99. The zero-order chi connectivity index (χ0) is 11.5. The van der Waals surface area contributed by atoms with Crippen molar-refractivity contribution in [2.45, 2.75) is 13.5 Å². The van der Waals surface area contributed by atoms with Crippen LogP contribution in [0, 0.1) is 12.8 Å². The van der Waals surface area contributed by atoms with Gasteiger partial charge in [0.25, 0.3) is 0 Å². The van der Waals surface area contributed by atoms with Gasteiger partial charge in [-0.3, -0.25) is 9.88 Å². The van der Waals surface area contributed by atoms with E-state index >= 15 is 0 Å². The molecule has 0 aliphatic carbocycles. The van der Waals surface area contributed by atoms with Gasteiger partial charge in [0.15, 0.2) is 0 Å². The van der Waals surface area contributed by atoms with Crippen molar-refractivity contribution in [1.29, 1.82) is 0 Å². The lowest BCUT2D eigenvalue weighted by atomic mass is 10.0. The lowest BCUT2D eigenvalue weighted by molar-refractivity contribution is 0.0462. The number of rotatable bonds is 4. The van der Waals surface area contributed by atoms with E-state index < -0.39 is 0 Å². The maximum atomic E-state index is 8.93. The van der Waals surface area contributed by atoms with E-state index in [9.17, 15) is 0 Å². The molecule has 1 aromatic rings. The van der Waals surface area contributed by atoms with E-state index in [1.54, 1.807) is 13.3 Å². The van der Waals surface area contributed by atoms with Crippen molar-refractivity contribution < 1.29 is 9.84 Å². The lowest BCUT2D eigenvalue weighted by Gasteiger charge is -2.37. The van der Waals surface area contributed by atoms with Crippen molar-refractivity contribution in [2.24, 2.45) is 5.92 Å². The van der Waals surface area contributed by atoms with Gasteiger partial charge in [0.2, 0.25) is 5.88 Å². The van der Waals surface area contributed by atoms with Crippen molar-refractivity contribution in [2.75, 3.05) is 26.8 Å². The Kier molecular flexibility index (Phi) is 3.36. The lowest BCUT2D eigenvalue weighted by Crippen LogP contribution is -2.47. The Morgan fingerprint density at radius 3 is 2.94 bits per heavy atom. The van der Waals surface area contributed by atoms with Crippen LogP contribution in [0.4, 0.5) is 0 Å². The number of aliphatic hydroxyl groups excluding tert-OH is 1. The number of ether oxygens (including phenoxy) is 1. The second-order valence-electron chi connectivity index (χ2n) is 4.21. The first-order valence-electron chi connectivity index (χ1n) is 5.42. The maximum absolute atomic E-state index is 8.93. The molecule has 1 N–H and O–H groups in total. The van der Waals surface area contributed by atoms with Crippen LogP contribution in [0.1, 0.15) is 11.4 Å². The largest absolute Gasteiger partial charge is 0.480 e. The van der Waals surface area contributed by atoms with Crippen LogP contribution in [-0.4, -0.2) is 46.8 Å². The van der Waals surface area contributed by atoms with Gasteiger partial charge < -0.3 is 9.84 Å². The number of methoxy groups -OCH3 is 1. The molecule has 5 nitrogen and oxygen atoms in total. The highest BCUT2D eigenvalue weighted by molar-refractivity contribution is 5.20. The molecular weight excluding hydrogens is 206 g/mol. The summed E-state index contributed by atoms with van der Waals surface area (Å²) in [6.07, 6.45) is 1.75. The fourth-order valence-corrected chi connectivity index (χ4v) is 1.89. The Morgan fingerprint density at radius 1 is 1.56 bits per heavy atom. The number of likely N-dealkylation sites (tertiary alicyclic amines) is 1. The summed E-state index contributed by atoms with van der Waals surface area (Å²) in [5.74, 6) is 1.02. The summed E-state index contributed by atoms with van der Waals surface area (Å²) in [6.45, 7) is 4.76. The smallest absolute Gasteiger partial charge is 0.236 e. The summed E-state index contributed by atoms with van der Waals surface area (Å²) in [5, 5.41) is 8.93. The quantitative estimate of drug-likeness (QED) is 0.791. The molecule has 88 valence electrons. The third kappa shape index (κ3) is 2.31. The van der Waals surface area contributed by atoms with Crippen LogP contribution >= 0.6 is 0 Å². The van der Waals surface area contributed by atoms with Gasteiger partial charge in [-0.15, -0.1) is 0 Å². The van der Waals surface area contributed by atoms with Gasteiger partial charge in [-0.2, -0.15) is 0 Å². The average Bonchev–Trinajstić information content (AvgIpc) is 2.24. The van der Waals surface area contributed by atoms with E-state index in [1.165, 1.54) is 0 Å². The molecule has 2 rings (SSSR count). The Morgan fingerprint density at radius 2 is 2.31 bits per heavy atom. The molecule has 16 heavy (non-hydrogen) atoms. The monoisotopic (exact) mass is 223 g/mol. The van der Waals surface area contributed by atoms with Crippen LogP contribution in [0.3, 0.4) is 0 Å². The van der Waals surface area contributed by atoms with E-state index in [1.807, 2.05) is 6.92 Å². The van der Waals surface area contributed by atoms with Crippen LogP contribution in [0.25, 0.3) is 0 Å². The second kappa shape index (κ2) is 4.76. The first-order chi connectivity index (χ1) is 7.72. The van der Waals surface area contributed by atoms with E-state index in [2.05, 4.69) is 14.9 Å². The predicted octanol–water partition coefficient (Wildman–Crippen LogP) is 0.218. The number of nitrogens with zero attached hydrogens (tertiary/aromatic N) is 3. The van der Waals surface area contributed by atoms with Crippen LogP contribution in [0.2, 0.25) is 0 Å². The third-order valence-corrected chi connectivity index (χ3v) is 2.79. The second-order valence-corrected chi connectivity index (χ2v) is 4.21. The van der Waals surface area contributed by atoms with Gasteiger partial charge >= 0.3 is 0 Å². The molecule has 0 saturated carbocycles. The SMILES string of the molecule is COc1nc(C)cnc1CN1CC(CO)C1. The minimum absolute atomic E-state index is 0.271. The molecule has 1 aliphatic heterocycles.